The van der Waals surface area contributed by atoms with Crippen molar-refractivity contribution >= 4 is 22.8 Å². The van der Waals surface area contributed by atoms with Crippen LogP contribution in [0.5, 0.6) is 5.75 Å². The topological polar surface area (TPSA) is 113 Å². The summed E-state index contributed by atoms with van der Waals surface area (Å²) in [5, 5.41) is 4.28. The third-order valence-corrected chi connectivity index (χ3v) is 4.98. The standard InChI is InChI=1S/C19H20N6O2/c1-9-5-6-12(27-4)11(3)13(9)14-15(20)17(18(21)26)24-7-10(2)25-19(16(14)24)22-8-23-25/h5-8H,20H2,1-4H3,(H2,21,26). The predicted molar refractivity (Wildman–Crippen MR) is 103 cm³/mol. The van der Waals surface area contributed by atoms with Crippen LogP contribution in [0, 0.1) is 20.8 Å². The van der Waals surface area contributed by atoms with Crippen LogP contribution in [-0.2, 0) is 0 Å². The van der Waals surface area contributed by atoms with Crippen LogP contribution < -0.4 is 16.2 Å². The Balaban J connectivity index is 2.28. The number of primary amides is 1. The summed E-state index contributed by atoms with van der Waals surface area (Å²) in [5.41, 5.74) is 18.3. The van der Waals surface area contributed by atoms with E-state index in [4.69, 9.17) is 16.2 Å². The van der Waals surface area contributed by atoms with Crippen LogP contribution in [-0.4, -0.2) is 32.0 Å². The van der Waals surface area contributed by atoms with Gasteiger partial charge in [0.15, 0.2) is 5.65 Å². The number of amides is 1. The summed E-state index contributed by atoms with van der Waals surface area (Å²) in [4.78, 5) is 16.6. The lowest BCUT2D eigenvalue weighted by Crippen LogP contribution is -2.16. The maximum atomic E-state index is 12.2. The molecule has 0 fully saturated rings. The highest BCUT2D eigenvalue weighted by molar-refractivity contribution is 6.09. The zero-order valence-electron chi connectivity index (χ0n) is 15.6. The van der Waals surface area contributed by atoms with E-state index in [2.05, 4.69) is 10.1 Å². The summed E-state index contributed by atoms with van der Waals surface area (Å²) in [6, 6.07) is 3.87. The molecular weight excluding hydrogens is 344 g/mol. The molecule has 3 aromatic heterocycles. The molecule has 0 aliphatic rings. The summed E-state index contributed by atoms with van der Waals surface area (Å²) >= 11 is 0. The summed E-state index contributed by atoms with van der Waals surface area (Å²) in [6.07, 6.45) is 3.27. The molecule has 0 spiro atoms. The predicted octanol–water partition coefficient (Wildman–Crippen LogP) is 2.26. The van der Waals surface area contributed by atoms with Crippen molar-refractivity contribution in [3.63, 3.8) is 0 Å². The number of nitrogens with two attached hydrogens (primary N) is 2. The minimum atomic E-state index is -0.602. The maximum absolute atomic E-state index is 12.2. The van der Waals surface area contributed by atoms with Gasteiger partial charge >= 0.3 is 0 Å². The molecule has 27 heavy (non-hydrogen) atoms. The van der Waals surface area contributed by atoms with E-state index in [-0.39, 0.29) is 5.69 Å². The van der Waals surface area contributed by atoms with E-state index < -0.39 is 5.91 Å². The van der Waals surface area contributed by atoms with Crippen molar-refractivity contribution in [3.8, 4) is 16.9 Å². The van der Waals surface area contributed by atoms with Crippen molar-refractivity contribution in [3.05, 3.63) is 47.2 Å². The number of methoxy groups -OCH3 is 1. The smallest absolute Gasteiger partial charge is 0.267 e. The number of aromatic nitrogens is 4. The number of carbonyl (C=O) groups excluding carboxylic acids is 1. The second-order valence-corrected chi connectivity index (χ2v) is 6.57. The number of hydrogen-bond donors (Lipinski definition) is 2. The van der Waals surface area contributed by atoms with E-state index in [9.17, 15) is 4.79 Å². The van der Waals surface area contributed by atoms with Gasteiger partial charge in [0, 0.05) is 11.8 Å². The summed E-state index contributed by atoms with van der Waals surface area (Å²) in [5.74, 6) is 0.134. The lowest BCUT2D eigenvalue weighted by molar-refractivity contribution is 0.0995. The molecule has 0 saturated heterocycles. The average molecular weight is 364 g/mol. The van der Waals surface area contributed by atoms with Crippen LogP contribution in [0.15, 0.2) is 24.7 Å². The van der Waals surface area contributed by atoms with E-state index >= 15 is 0 Å². The molecule has 0 saturated carbocycles. The highest BCUT2D eigenvalue weighted by atomic mass is 16.5. The van der Waals surface area contributed by atoms with E-state index in [1.807, 2.05) is 32.9 Å². The van der Waals surface area contributed by atoms with Gasteiger partial charge < -0.3 is 20.6 Å². The number of nitrogen functional groups attached to an aromatic ring is 1. The molecule has 1 aromatic carbocycles. The Morgan fingerprint density at radius 2 is 1.93 bits per heavy atom. The molecule has 8 nitrogen and oxygen atoms in total. The van der Waals surface area contributed by atoms with Crippen LogP contribution in [0.3, 0.4) is 0 Å². The Labute approximate surface area is 155 Å². The molecule has 4 rings (SSSR count). The second kappa shape index (κ2) is 5.73. The van der Waals surface area contributed by atoms with E-state index in [0.29, 0.717) is 22.4 Å². The first kappa shape index (κ1) is 16.9. The Morgan fingerprint density at radius 3 is 2.59 bits per heavy atom. The number of anilines is 1. The van der Waals surface area contributed by atoms with Crippen molar-refractivity contribution in [2.24, 2.45) is 5.73 Å². The molecular formula is C19H20N6O2. The first-order valence-electron chi connectivity index (χ1n) is 8.44. The Bertz CT molecular complexity index is 1230. The van der Waals surface area contributed by atoms with Crippen molar-refractivity contribution in [1.29, 1.82) is 0 Å². The van der Waals surface area contributed by atoms with E-state index in [1.165, 1.54) is 6.33 Å². The molecule has 0 bridgehead atoms. The second-order valence-electron chi connectivity index (χ2n) is 6.57. The largest absolute Gasteiger partial charge is 0.496 e. The summed E-state index contributed by atoms with van der Waals surface area (Å²) in [6.45, 7) is 5.83. The highest BCUT2D eigenvalue weighted by Crippen LogP contribution is 2.42. The minimum absolute atomic E-state index is 0.232. The van der Waals surface area contributed by atoms with Gasteiger partial charge in [0.1, 0.15) is 23.3 Å². The normalized spacial score (nSPS) is 11.4. The Kier molecular flexibility index (Phi) is 3.59. The molecule has 0 atom stereocenters. The van der Waals surface area contributed by atoms with Gasteiger partial charge in [0.05, 0.1) is 18.5 Å². The fraction of sp³-hybridized carbons (Fsp3) is 0.211. The van der Waals surface area contributed by atoms with Crippen molar-refractivity contribution < 1.29 is 9.53 Å². The van der Waals surface area contributed by atoms with Crippen molar-refractivity contribution in [2.75, 3.05) is 12.8 Å². The Morgan fingerprint density at radius 1 is 1.19 bits per heavy atom. The molecule has 4 N–H and O–H groups in total. The number of carbonyl (C=O) groups is 1. The van der Waals surface area contributed by atoms with Crippen LogP contribution >= 0.6 is 0 Å². The first-order chi connectivity index (χ1) is 12.9. The molecule has 3 heterocycles. The number of nitrogens with zero attached hydrogens (tertiary/aromatic N) is 4. The lowest BCUT2D eigenvalue weighted by atomic mass is 9.94. The maximum Gasteiger partial charge on any atom is 0.267 e. The highest BCUT2D eigenvalue weighted by Gasteiger charge is 2.26. The quantitative estimate of drug-likeness (QED) is 0.579. The number of hydrogen-bond acceptors (Lipinski definition) is 5. The van der Waals surface area contributed by atoms with Crippen LogP contribution in [0.1, 0.15) is 27.3 Å². The molecule has 0 radical (unpaired) electrons. The average Bonchev–Trinajstić information content (AvgIpc) is 3.19. The van der Waals surface area contributed by atoms with Gasteiger partial charge in [-0.25, -0.2) is 9.50 Å². The van der Waals surface area contributed by atoms with E-state index in [0.717, 1.165) is 28.1 Å². The fourth-order valence-electron chi connectivity index (χ4n) is 3.80. The molecule has 0 unspecified atom stereocenters. The van der Waals surface area contributed by atoms with E-state index in [1.54, 1.807) is 22.2 Å². The molecule has 8 heteroatoms. The molecule has 138 valence electrons. The summed E-state index contributed by atoms with van der Waals surface area (Å²) < 4.78 is 8.92. The zero-order chi connectivity index (χ0) is 19.5. The van der Waals surface area contributed by atoms with Gasteiger partial charge in [0.25, 0.3) is 5.91 Å². The first-order valence-corrected chi connectivity index (χ1v) is 8.44. The zero-order valence-corrected chi connectivity index (χ0v) is 15.6. The van der Waals surface area contributed by atoms with Gasteiger partial charge in [-0.2, -0.15) is 5.10 Å². The number of ether oxygens (including phenoxy) is 1. The van der Waals surface area contributed by atoms with Gasteiger partial charge in [-0.3, -0.25) is 4.79 Å². The number of benzene rings is 1. The molecule has 1 amide bonds. The van der Waals surface area contributed by atoms with Crippen molar-refractivity contribution in [2.45, 2.75) is 20.8 Å². The number of fused-ring (bicyclic) bond motifs is 3. The minimum Gasteiger partial charge on any atom is -0.496 e. The fourth-order valence-corrected chi connectivity index (χ4v) is 3.80. The lowest BCUT2D eigenvalue weighted by Gasteiger charge is -2.14. The summed E-state index contributed by atoms with van der Waals surface area (Å²) in [7, 11) is 1.62. The van der Waals surface area contributed by atoms with Crippen LogP contribution in [0.25, 0.3) is 22.3 Å². The van der Waals surface area contributed by atoms with Crippen molar-refractivity contribution in [1.82, 2.24) is 19.0 Å². The monoisotopic (exact) mass is 364 g/mol. The number of aryl methyl sites for hydroxylation is 2. The van der Waals surface area contributed by atoms with Gasteiger partial charge in [-0.05, 0) is 43.5 Å². The molecule has 0 aliphatic heterocycles. The van der Waals surface area contributed by atoms with Crippen LogP contribution in [0.4, 0.5) is 5.69 Å². The third-order valence-electron chi connectivity index (χ3n) is 4.98. The van der Waals surface area contributed by atoms with Gasteiger partial charge in [-0.15, -0.1) is 0 Å². The Hall–Kier alpha value is -3.55. The third kappa shape index (κ3) is 2.19. The van der Waals surface area contributed by atoms with Crippen LogP contribution in [0.2, 0.25) is 0 Å². The SMILES string of the molecule is COc1ccc(C)c(-c2c(N)c(C(N)=O)n3cc(C)n4ncnc4c23)c1C. The van der Waals surface area contributed by atoms with Gasteiger partial charge in [0.2, 0.25) is 0 Å². The molecule has 4 aromatic rings. The van der Waals surface area contributed by atoms with Gasteiger partial charge in [-0.1, -0.05) is 6.07 Å². The number of rotatable bonds is 3. The molecule has 0 aliphatic carbocycles.